The number of carbonyl (C=O) groups excluding carboxylic acids is 1. The van der Waals surface area contributed by atoms with Crippen molar-refractivity contribution in [3.8, 4) is 5.75 Å². The van der Waals surface area contributed by atoms with Crippen LogP contribution < -0.4 is 9.46 Å². The van der Waals surface area contributed by atoms with Gasteiger partial charge in [-0.3, -0.25) is 4.72 Å². The van der Waals surface area contributed by atoms with Gasteiger partial charge < -0.3 is 9.47 Å². The quantitative estimate of drug-likeness (QED) is 0.790. The summed E-state index contributed by atoms with van der Waals surface area (Å²) in [6.07, 6.45) is 0. The zero-order chi connectivity index (χ0) is 17.7. The van der Waals surface area contributed by atoms with Crippen LogP contribution in [0, 0.1) is 0 Å². The number of hydrogen-bond donors (Lipinski definition) is 1. The van der Waals surface area contributed by atoms with Crippen molar-refractivity contribution in [2.24, 2.45) is 0 Å². The second-order valence-corrected chi connectivity index (χ2v) is 6.76. The second-order valence-electron chi connectivity index (χ2n) is 4.67. The number of para-hydroxylation sites is 1. The largest absolute Gasteiger partial charge is 0.495 e. The van der Waals surface area contributed by atoms with Gasteiger partial charge in [0.2, 0.25) is 0 Å². The lowest BCUT2D eigenvalue weighted by atomic mass is 10.2. The molecule has 0 amide bonds. The Labute approximate surface area is 145 Å². The molecule has 0 saturated carbocycles. The summed E-state index contributed by atoms with van der Waals surface area (Å²) < 4.78 is 37.4. The minimum atomic E-state index is -3.93. The summed E-state index contributed by atoms with van der Waals surface area (Å²) in [5, 5.41) is 0.166. The molecule has 0 radical (unpaired) electrons. The molecule has 1 N–H and O–H groups in total. The third kappa shape index (κ3) is 3.98. The van der Waals surface area contributed by atoms with Crippen molar-refractivity contribution >= 4 is 33.3 Å². The van der Waals surface area contributed by atoms with Crippen molar-refractivity contribution in [1.29, 1.82) is 0 Å². The summed E-state index contributed by atoms with van der Waals surface area (Å²) in [7, 11) is -2.50. The Balaban J connectivity index is 2.36. The predicted molar refractivity (Wildman–Crippen MR) is 91.2 cm³/mol. The molecule has 2 aromatic carbocycles. The van der Waals surface area contributed by atoms with Crippen LogP contribution in [0.2, 0.25) is 5.02 Å². The van der Waals surface area contributed by atoms with Crippen molar-refractivity contribution in [2.75, 3.05) is 18.4 Å². The number of nitrogens with one attached hydrogen (secondary N) is 1. The van der Waals surface area contributed by atoms with E-state index in [1.807, 2.05) is 0 Å². The molecular weight excluding hydrogens is 354 g/mol. The number of hydrogen-bond acceptors (Lipinski definition) is 5. The van der Waals surface area contributed by atoms with Gasteiger partial charge in [0.1, 0.15) is 5.75 Å². The molecule has 24 heavy (non-hydrogen) atoms. The van der Waals surface area contributed by atoms with Crippen LogP contribution in [0.5, 0.6) is 5.75 Å². The summed E-state index contributed by atoms with van der Waals surface area (Å²) >= 11 is 5.97. The van der Waals surface area contributed by atoms with Gasteiger partial charge in [0, 0.05) is 0 Å². The lowest BCUT2D eigenvalue weighted by molar-refractivity contribution is 0.0527. The first-order chi connectivity index (χ1) is 11.4. The fraction of sp³-hybridized carbons (Fsp3) is 0.188. The van der Waals surface area contributed by atoms with Crippen LogP contribution in [0.15, 0.2) is 47.4 Å². The fourth-order valence-corrected chi connectivity index (χ4v) is 3.40. The Morgan fingerprint density at radius 1 is 1.21 bits per heavy atom. The Hall–Kier alpha value is -2.25. The number of anilines is 1. The molecule has 2 rings (SSSR count). The van der Waals surface area contributed by atoms with Gasteiger partial charge in [-0.2, -0.15) is 0 Å². The van der Waals surface area contributed by atoms with E-state index in [0.717, 1.165) is 0 Å². The molecule has 0 aromatic heterocycles. The van der Waals surface area contributed by atoms with Gasteiger partial charge in [-0.05, 0) is 37.3 Å². The van der Waals surface area contributed by atoms with E-state index in [0.29, 0.717) is 5.75 Å². The standard InChI is InChI=1S/C16H16ClNO5S/c1-3-23-16(19)12-6-4-5-7-14(12)18-24(20,21)11-8-9-15(22-2)13(17)10-11/h4-10,18H,3H2,1-2H3. The van der Waals surface area contributed by atoms with Crippen LogP contribution in [0.3, 0.4) is 0 Å². The molecule has 0 heterocycles. The topological polar surface area (TPSA) is 81.7 Å². The molecule has 0 saturated heterocycles. The van der Waals surface area contributed by atoms with E-state index < -0.39 is 16.0 Å². The zero-order valence-corrected chi connectivity index (χ0v) is 14.6. The number of carbonyl (C=O) groups is 1. The maximum absolute atomic E-state index is 12.5. The Morgan fingerprint density at radius 3 is 2.54 bits per heavy atom. The minimum Gasteiger partial charge on any atom is -0.495 e. The average molecular weight is 370 g/mol. The smallest absolute Gasteiger partial charge is 0.340 e. The number of benzene rings is 2. The number of esters is 1. The van der Waals surface area contributed by atoms with Crippen LogP contribution in [0.1, 0.15) is 17.3 Å². The summed E-state index contributed by atoms with van der Waals surface area (Å²) in [6.45, 7) is 1.86. The number of ether oxygens (including phenoxy) is 2. The molecule has 0 aliphatic rings. The molecule has 6 nitrogen and oxygen atoms in total. The maximum Gasteiger partial charge on any atom is 0.340 e. The van der Waals surface area contributed by atoms with Gasteiger partial charge in [-0.25, -0.2) is 13.2 Å². The van der Waals surface area contributed by atoms with E-state index in [1.165, 1.54) is 37.4 Å². The highest BCUT2D eigenvalue weighted by Crippen LogP contribution is 2.28. The summed E-state index contributed by atoms with van der Waals surface area (Å²) in [6, 6.07) is 10.3. The van der Waals surface area contributed by atoms with Crippen LogP contribution in [-0.2, 0) is 14.8 Å². The first-order valence-corrected chi connectivity index (χ1v) is 8.87. The van der Waals surface area contributed by atoms with Crippen LogP contribution >= 0.6 is 11.6 Å². The summed E-state index contributed by atoms with van der Waals surface area (Å²) in [5.74, 6) is -0.244. The van der Waals surface area contributed by atoms with Crippen molar-refractivity contribution in [3.63, 3.8) is 0 Å². The highest BCUT2D eigenvalue weighted by atomic mass is 35.5. The van der Waals surface area contributed by atoms with Crippen LogP contribution in [-0.4, -0.2) is 28.1 Å². The van der Waals surface area contributed by atoms with E-state index in [-0.39, 0.29) is 27.8 Å². The van der Waals surface area contributed by atoms with Gasteiger partial charge in [0.25, 0.3) is 10.0 Å². The lowest BCUT2D eigenvalue weighted by Crippen LogP contribution is -2.16. The van der Waals surface area contributed by atoms with E-state index in [2.05, 4.69) is 4.72 Å². The molecule has 0 unspecified atom stereocenters. The monoisotopic (exact) mass is 369 g/mol. The minimum absolute atomic E-state index is 0.0491. The van der Waals surface area contributed by atoms with Gasteiger partial charge in [0.15, 0.2) is 0 Å². The molecule has 8 heteroatoms. The normalized spacial score (nSPS) is 11.0. The Morgan fingerprint density at radius 2 is 1.92 bits per heavy atom. The highest BCUT2D eigenvalue weighted by Gasteiger charge is 2.20. The fourth-order valence-electron chi connectivity index (χ4n) is 1.98. The summed E-state index contributed by atoms with van der Waals surface area (Å²) in [4.78, 5) is 11.9. The van der Waals surface area contributed by atoms with Gasteiger partial charge >= 0.3 is 5.97 Å². The van der Waals surface area contributed by atoms with Gasteiger partial charge in [-0.15, -0.1) is 0 Å². The second kappa shape index (κ2) is 7.55. The highest BCUT2D eigenvalue weighted by molar-refractivity contribution is 7.92. The van der Waals surface area contributed by atoms with Crippen molar-refractivity contribution in [1.82, 2.24) is 0 Å². The number of methoxy groups -OCH3 is 1. The van der Waals surface area contributed by atoms with Crippen molar-refractivity contribution in [3.05, 3.63) is 53.1 Å². The summed E-state index contributed by atoms with van der Waals surface area (Å²) in [5.41, 5.74) is 0.255. The number of rotatable bonds is 6. The van der Waals surface area contributed by atoms with E-state index in [1.54, 1.807) is 19.1 Å². The molecule has 0 fully saturated rings. The third-order valence-corrected chi connectivity index (χ3v) is 4.76. The first kappa shape index (κ1) is 18.1. The third-order valence-electron chi connectivity index (χ3n) is 3.10. The van der Waals surface area contributed by atoms with E-state index in [4.69, 9.17) is 21.1 Å². The average Bonchev–Trinajstić information content (AvgIpc) is 2.55. The molecule has 0 bridgehead atoms. The van der Waals surface area contributed by atoms with Gasteiger partial charge in [-0.1, -0.05) is 23.7 Å². The zero-order valence-electron chi connectivity index (χ0n) is 13.1. The molecule has 0 atom stereocenters. The van der Waals surface area contributed by atoms with Crippen LogP contribution in [0.25, 0.3) is 0 Å². The number of halogens is 1. The SMILES string of the molecule is CCOC(=O)c1ccccc1NS(=O)(=O)c1ccc(OC)c(Cl)c1. The Kier molecular flexibility index (Phi) is 5.69. The number of sulfonamides is 1. The van der Waals surface area contributed by atoms with Crippen molar-refractivity contribution < 1.29 is 22.7 Å². The Bertz CT molecular complexity index is 851. The van der Waals surface area contributed by atoms with Gasteiger partial charge in [0.05, 0.1) is 34.9 Å². The molecule has 0 aliphatic heterocycles. The molecule has 0 spiro atoms. The van der Waals surface area contributed by atoms with E-state index in [9.17, 15) is 13.2 Å². The first-order valence-electron chi connectivity index (χ1n) is 7.01. The molecule has 2 aromatic rings. The molecule has 0 aliphatic carbocycles. The van der Waals surface area contributed by atoms with Crippen LogP contribution in [0.4, 0.5) is 5.69 Å². The molecule has 128 valence electrons. The maximum atomic E-state index is 12.5. The predicted octanol–water partition coefficient (Wildman–Crippen LogP) is 3.33. The van der Waals surface area contributed by atoms with Crippen molar-refractivity contribution in [2.45, 2.75) is 11.8 Å². The lowest BCUT2D eigenvalue weighted by Gasteiger charge is -2.12. The van der Waals surface area contributed by atoms with E-state index >= 15 is 0 Å². The molecular formula is C16H16ClNO5S.